The van der Waals surface area contributed by atoms with Crippen molar-refractivity contribution in [2.75, 3.05) is 5.32 Å². The van der Waals surface area contributed by atoms with Gasteiger partial charge in [-0.25, -0.2) is 4.79 Å². The van der Waals surface area contributed by atoms with Crippen LogP contribution in [0.2, 0.25) is 0 Å². The number of ketones is 1. The monoisotopic (exact) mass is 459 g/mol. The molecule has 0 radical (unpaired) electrons. The molecule has 156 valence electrons. The molecule has 4 nitrogen and oxygen atoms in total. The van der Waals surface area contributed by atoms with Crippen molar-refractivity contribution in [3.8, 4) is 0 Å². The van der Waals surface area contributed by atoms with Crippen molar-refractivity contribution in [3.63, 3.8) is 0 Å². The lowest BCUT2D eigenvalue weighted by Crippen LogP contribution is -2.54. The zero-order valence-corrected chi connectivity index (χ0v) is 19.6. The van der Waals surface area contributed by atoms with Crippen molar-refractivity contribution in [2.24, 2.45) is 5.92 Å². The smallest absolute Gasteiger partial charge is 0.332 e. The molecule has 2 rings (SSSR count). The van der Waals surface area contributed by atoms with E-state index in [1.54, 1.807) is 12.1 Å². The Bertz CT molecular complexity index is 854. The quantitative estimate of drug-likeness (QED) is 0.382. The molecular weight excluding hydrogens is 430 g/mol. The van der Waals surface area contributed by atoms with Gasteiger partial charge < -0.3 is 10.1 Å². The molecule has 0 aliphatic carbocycles. The van der Waals surface area contributed by atoms with Crippen LogP contribution in [-0.4, -0.2) is 23.4 Å². The van der Waals surface area contributed by atoms with Crippen LogP contribution in [0.5, 0.6) is 0 Å². The Labute approximate surface area is 182 Å². The van der Waals surface area contributed by atoms with Crippen LogP contribution in [-0.2, 0) is 9.53 Å². The van der Waals surface area contributed by atoms with Crippen molar-refractivity contribution in [1.82, 2.24) is 0 Å². The van der Waals surface area contributed by atoms with Gasteiger partial charge in [0, 0.05) is 22.1 Å². The summed E-state index contributed by atoms with van der Waals surface area (Å²) in [6.45, 7) is 11.5. The molecule has 0 aliphatic heterocycles. The molecule has 29 heavy (non-hydrogen) atoms. The molecule has 0 saturated heterocycles. The number of anilines is 1. The fourth-order valence-electron chi connectivity index (χ4n) is 3.37. The Kier molecular flexibility index (Phi) is 7.64. The Morgan fingerprint density at radius 1 is 1.00 bits per heavy atom. The first-order valence-electron chi connectivity index (χ1n) is 9.90. The van der Waals surface area contributed by atoms with Gasteiger partial charge in [0.05, 0.1) is 6.10 Å². The Morgan fingerprint density at radius 3 is 2.03 bits per heavy atom. The number of Topliss-reactive ketones (excluding diaryl/α,β-unsaturated/α-hetero) is 1. The first-order chi connectivity index (χ1) is 13.5. The summed E-state index contributed by atoms with van der Waals surface area (Å²) in [5.74, 6) is -0.690. The number of nitrogens with one attached hydrogen (secondary N) is 1. The van der Waals surface area contributed by atoms with Crippen LogP contribution < -0.4 is 5.32 Å². The Balaban J connectivity index is 2.48. The lowest BCUT2D eigenvalue weighted by Gasteiger charge is -2.37. The number of aryl methyl sites for hydroxylation is 2. The van der Waals surface area contributed by atoms with Crippen LogP contribution in [0.1, 0.15) is 55.6 Å². The van der Waals surface area contributed by atoms with E-state index in [1.807, 2.05) is 65.8 Å². The third-order valence-corrected chi connectivity index (χ3v) is 5.42. The van der Waals surface area contributed by atoms with Gasteiger partial charge in [-0.3, -0.25) is 4.79 Å². The maximum Gasteiger partial charge on any atom is 0.332 e. The van der Waals surface area contributed by atoms with Crippen molar-refractivity contribution in [3.05, 3.63) is 63.6 Å². The summed E-state index contributed by atoms with van der Waals surface area (Å²) < 4.78 is 6.50. The third-order valence-electron chi connectivity index (χ3n) is 4.89. The number of benzene rings is 2. The minimum absolute atomic E-state index is 0.00480. The molecule has 0 aliphatic rings. The summed E-state index contributed by atoms with van der Waals surface area (Å²) >= 11 is 3.39. The molecule has 0 heterocycles. The fourth-order valence-corrected chi connectivity index (χ4v) is 3.63. The van der Waals surface area contributed by atoms with E-state index in [0.717, 1.165) is 21.3 Å². The number of carbonyl (C=O) groups is 2. The van der Waals surface area contributed by atoms with E-state index in [9.17, 15) is 9.59 Å². The number of esters is 1. The van der Waals surface area contributed by atoms with Gasteiger partial charge in [0.15, 0.2) is 5.78 Å². The van der Waals surface area contributed by atoms with Gasteiger partial charge in [0.25, 0.3) is 0 Å². The van der Waals surface area contributed by atoms with Gasteiger partial charge >= 0.3 is 5.97 Å². The molecular formula is C24H30BrNO3. The summed E-state index contributed by atoms with van der Waals surface area (Å²) in [4.78, 5) is 26.4. The van der Waals surface area contributed by atoms with E-state index in [1.165, 1.54) is 0 Å². The molecule has 0 bridgehead atoms. The van der Waals surface area contributed by atoms with Gasteiger partial charge in [-0.1, -0.05) is 48.0 Å². The maximum atomic E-state index is 13.3. The molecule has 0 fully saturated rings. The number of hydrogen-bond acceptors (Lipinski definition) is 4. The van der Waals surface area contributed by atoms with Crippen molar-refractivity contribution >= 4 is 33.4 Å². The summed E-state index contributed by atoms with van der Waals surface area (Å²) in [6, 6.07) is 13.2. The van der Waals surface area contributed by atoms with E-state index in [2.05, 4.69) is 27.3 Å². The normalized spacial score (nSPS) is 13.3. The highest BCUT2D eigenvalue weighted by Crippen LogP contribution is 2.31. The van der Waals surface area contributed by atoms with Crippen LogP contribution in [0.4, 0.5) is 5.69 Å². The van der Waals surface area contributed by atoms with Crippen LogP contribution in [0.3, 0.4) is 0 Å². The Morgan fingerprint density at radius 2 is 1.55 bits per heavy atom. The van der Waals surface area contributed by atoms with E-state index in [-0.39, 0.29) is 24.2 Å². The highest BCUT2D eigenvalue weighted by molar-refractivity contribution is 9.10. The highest BCUT2D eigenvalue weighted by Gasteiger charge is 2.45. The van der Waals surface area contributed by atoms with Crippen LogP contribution >= 0.6 is 15.9 Å². The fraction of sp³-hybridized carbons (Fsp3) is 0.417. The van der Waals surface area contributed by atoms with Crippen LogP contribution in [0.25, 0.3) is 0 Å². The average molecular weight is 460 g/mol. The highest BCUT2D eigenvalue weighted by atomic mass is 79.9. The SMILES string of the molecule is Cc1cc(C)cc(NC(CC(=O)c2ccc(Br)cc2)(C(=O)OC(C)C)C(C)C)c1. The Hall–Kier alpha value is -2.14. The molecule has 1 atom stereocenters. The van der Waals surface area contributed by atoms with Gasteiger partial charge in [0.1, 0.15) is 5.54 Å². The topological polar surface area (TPSA) is 55.4 Å². The number of carbonyl (C=O) groups excluding carboxylic acids is 2. The van der Waals surface area contributed by atoms with E-state index in [4.69, 9.17) is 4.74 Å². The summed E-state index contributed by atoms with van der Waals surface area (Å²) in [7, 11) is 0. The molecule has 0 aromatic heterocycles. The van der Waals surface area contributed by atoms with Gasteiger partial charge in [-0.15, -0.1) is 0 Å². The van der Waals surface area contributed by atoms with E-state index in [0.29, 0.717) is 5.56 Å². The summed E-state index contributed by atoms with van der Waals surface area (Å²) in [5, 5.41) is 3.39. The predicted octanol–water partition coefficient (Wildman–Crippen LogP) is 6.10. The molecule has 2 aromatic carbocycles. The second kappa shape index (κ2) is 9.57. The zero-order valence-electron chi connectivity index (χ0n) is 18.0. The van der Waals surface area contributed by atoms with Gasteiger partial charge in [-0.2, -0.15) is 0 Å². The minimum Gasteiger partial charge on any atom is -0.461 e. The number of halogens is 1. The molecule has 0 saturated carbocycles. The molecule has 2 aromatic rings. The van der Waals surface area contributed by atoms with Crippen LogP contribution in [0.15, 0.2) is 46.9 Å². The summed E-state index contributed by atoms with van der Waals surface area (Å²) in [6.07, 6.45) is -0.269. The van der Waals surface area contributed by atoms with Crippen molar-refractivity contribution in [2.45, 2.75) is 59.6 Å². The first kappa shape index (κ1) is 23.1. The zero-order chi connectivity index (χ0) is 21.8. The number of rotatable bonds is 8. The number of ether oxygens (including phenoxy) is 1. The molecule has 0 spiro atoms. The first-order valence-corrected chi connectivity index (χ1v) is 10.7. The lowest BCUT2D eigenvalue weighted by atomic mass is 9.80. The second-order valence-electron chi connectivity index (χ2n) is 8.19. The average Bonchev–Trinajstić information content (AvgIpc) is 2.59. The second-order valence-corrected chi connectivity index (χ2v) is 9.10. The summed E-state index contributed by atoms with van der Waals surface area (Å²) in [5.41, 5.74) is 2.37. The van der Waals surface area contributed by atoms with Crippen molar-refractivity contribution < 1.29 is 14.3 Å². The van der Waals surface area contributed by atoms with E-state index >= 15 is 0 Å². The largest absolute Gasteiger partial charge is 0.461 e. The number of hydrogen-bond donors (Lipinski definition) is 1. The maximum absolute atomic E-state index is 13.3. The van der Waals surface area contributed by atoms with Crippen molar-refractivity contribution in [1.29, 1.82) is 0 Å². The standard InChI is InChI=1S/C24H30BrNO3/c1-15(2)24(23(28)29-16(3)4,26-21-12-17(5)11-18(6)13-21)14-22(27)19-7-9-20(25)10-8-19/h7-13,15-16,26H,14H2,1-6H3. The van der Waals surface area contributed by atoms with Gasteiger partial charge in [-0.05, 0) is 69.0 Å². The molecule has 1 unspecified atom stereocenters. The minimum atomic E-state index is -1.17. The van der Waals surface area contributed by atoms with Gasteiger partial charge in [0.2, 0.25) is 0 Å². The molecule has 1 N–H and O–H groups in total. The predicted molar refractivity (Wildman–Crippen MR) is 121 cm³/mol. The third kappa shape index (κ3) is 5.92. The van der Waals surface area contributed by atoms with Crippen LogP contribution in [0, 0.1) is 19.8 Å². The molecule has 5 heteroatoms. The lowest BCUT2D eigenvalue weighted by molar-refractivity contribution is -0.154. The van der Waals surface area contributed by atoms with E-state index < -0.39 is 11.5 Å². The molecule has 0 amide bonds.